The summed E-state index contributed by atoms with van der Waals surface area (Å²) in [5.41, 5.74) is 8.58. The predicted octanol–water partition coefficient (Wildman–Crippen LogP) is 2.00. The lowest BCUT2D eigenvalue weighted by Crippen LogP contribution is -2.16. The topological polar surface area (TPSA) is 26.0 Å². The van der Waals surface area contributed by atoms with Crippen LogP contribution in [0.4, 0.5) is 0 Å². The van der Waals surface area contributed by atoms with E-state index in [0.29, 0.717) is 0 Å². The SMILES string of the molecule is CCC1=CC(N)C(CC)=C1. The summed E-state index contributed by atoms with van der Waals surface area (Å²) >= 11 is 0. The third-order valence-electron chi connectivity index (χ3n) is 2.01. The Bertz CT molecular complexity index is 177. The van der Waals surface area contributed by atoms with Gasteiger partial charge < -0.3 is 5.73 Å². The molecule has 0 bridgehead atoms. The molecule has 2 N–H and O–H groups in total. The molecule has 0 aromatic heterocycles. The Balaban J connectivity index is 2.67. The summed E-state index contributed by atoms with van der Waals surface area (Å²) in [6, 6.07) is 0.208. The summed E-state index contributed by atoms with van der Waals surface area (Å²) in [4.78, 5) is 0. The van der Waals surface area contributed by atoms with Crippen LogP contribution in [0.3, 0.4) is 0 Å². The molecule has 0 saturated heterocycles. The highest BCUT2D eigenvalue weighted by molar-refractivity contribution is 5.37. The first-order valence-electron chi connectivity index (χ1n) is 3.94. The van der Waals surface area contributed by atoms with Gasteiger partial charge in [0.1, 0.15) is 0 Å². The van der Waals surface area contributed by atoms with Crippen LogP contribution < -0.4 is 5.73 Å². The maximum Gasteiger partial charge on any atom is 0.0449 e. The van der Waals surface area contributed by atoms with Crippen molar-refractivity contribution >= 4 is 0 Å². The summed E-state index contributed by atoms with van der Waals surface area (Å²) in [6.45, 7) is 4.31. The van der Waals surface area contributed by atoms with E-state index in [4.69, 9.17) is 5.73 Å². The number of nitrogens with two attached hydrogens (primary N) is 1. The minimum absolute atomic E-state index is 0.208. The fourth-order valence-electron chi connectivity index (χ4n) is 1.28. The molecule has 1 aliphatic rings. The molecule has 0 radical (unpaired) electrons. The van der Waals surface area contributed by atoms with Crippen LogP contribution in [-0.4, -0.2) is 6.04 Å². The van der Waals surface area contributed by atoms with E-state index in [2.05, 4.69) is 26.0 Å². The van der Waals surface area contributed by atoms with Crippen molar-refractivity contribution in [2.75, 3.05) is 0 Å². The van der Waals surface area contributed by atoms with Crippen molar-refractivity contribution in [2.24, 2.45) is 5.73 Å². The van der Waals surface area contributed by atoms with Crippen molar-refractivity contribution < 1.29 is 0 Å². The Morgan fingerprint density at radius 2 is 2.10 bits per heavy atom. The van der Waals surface area contributed by atoms with Crippen molar-refractivity contribution in [3.05, 3.63) is 23.3 Å². The van der Waals surface area contributed by atoms with Crippen molar-refractivity contribution in [3.8, 4) is 0 Å². The predicted molar refractivity (Wildman–Crippen MR) is 44.7 cm³/mol. The second kappa shape index (κ2) is 3.02. The molecular weight excluding hydrogens is 122 g/mol. The van der Waals surface area contributed by atoms with Crippen LogP contribution in [0.15, 0.2) is 23.3 Å². The highest BCUT2D eigenvalue weighted by Gasteiger charge is 2.11. The summed E-state index contributed by atoms with van der Waals surface area (Å²) in [6.07, 6.45) is 6.57. The van der Waals surface area contributed by atoms with E-state index in [0.717, 1.165) is 12.8 Å². The fourth-order valence-corrected chi connectivity index (χ4v) is 1.28. The average molecular weight is 137 g/mol. The van der Waals surface area contributed by atoms with Gasteiger partial charge in [-0.1, -0.05) is 31.6 Å². The molecule has 1 rings (SSSR count). The third-order valence-corrected chi connectivity index (χ3v) is 2.01. The monoisotopic (exact) mass is 137 g/mol. The van der Waals surface area contributed by atoms with E-state index in [9.17, 15) is 0 Å². The average Bonchev–Trinajstić information content (AvgIpc) is 2.30. The van der Waals surface area contributed by atoms with Gasteiger partial charge in [-0.2, -0.15) is 0 Å². The standard InChI is InChI=1S/C9H15N/c1-3-7-5-8(4-2)9(10)6-7/h5-6,9H,3-4,10H2,1-2H3. The number of hydrogen-bond donors (Lipinski definition) is 1. The Labute approximate surface area is 62.6 Å². The Hall–Kier alpha value is -0.560. The lowest BCUT2D eigenvalue weighted by Gasteiger charge is -2.02. The van der Waals surface area contributed by atoms with E-state index in [-0.39, 0.29) is 6.04 Å². The highest BCUT2D eigenvalue weighted by atomic mass is 14.6. The normalized spacial score (nSPS) is 24.5. The minimum Gasteiger partial charge on any atom is -0.321 e. The zero-order valence-electron chi connectivity index (χ0n) is 6.72. The van der Waals surface area contributed by atoms with E-state index in [1.165, 1.54) is 11.1 Å². The van der Waals surface area contributed by atoms with Crippen LogP contribution in [0.25, 0.3) is 0 Å². The van der Waals surface area contributed by atoms with E-state index in [1.54, 1.807) is 0 Å². The smallest absolute Gasteiger partial charge is 0.0449 e. The first kappa shape index (κ1) is 7.55. The van der Waals surface area contributed by atoms with E-state index in [1.807, 2.05) is 0 Å². The lowest BCUT2D eigenvalue weighted by molar-refractivity contribution is 0.899. The molecule has 1 aliphatic carbocycles. The van der Waals surface area contributed by atoms with Crippen molar-refractivity contribution in [1.82, 2.24) is 0 Å². The van der Waals surface area contributed by atoms with Crippen LogP contribution >= 0.6 is 0 Å². The van der Waals surface area contributed by atoms with Crippen LogP contribution in [-0.2, 0) is 0 Å². The Morgan fingerprint density at radius 3 is 2.40 bits per heavy atom. The zero-order chi connectivity index (χ0) is 7.56. The summed E-state index contributed by atoms with van der Waals surface area (Å²) in [5.74, 6) is 0. The molecule has 0 amide bonds. The van der Waals surface area contributed by atoms with Gasteiger partial charge in [0.05, 0.1) is 0 Å². The molecule has 0 heterocycles. The first-order valence-corrected chi connectivity index (χ1v) is 3.94. The van der Waals surface area contributed by atoms with E-state index < -0.39 is 0 Å². The minimum atomic E-state index is 0.208. The van der Waals surface area contributed by atoms with E-state index >= 15 is 0 Å². The number of hydrogen-bond acceptors (Lipinski definition) is 1. The molecule has 1 heteroatoms. The third kappa shape index (κ3) is 1.29. The van der Waals surface area contributed by atoms with Gasteiger partial charge in [0, 0.05) is 6.04 Å². The molecule has 56 valence electrons. The molecule has 0 fully saturated rings. The molecule has 0 aromatic rings. The fraction of sp³-hybridized carbons (Fsp3) is 0.556. The van der Waals surface area contributed by atoms with Crippen LogP contribution in [0.2, 0.25) is 0 Å². The Kier molecular flexibility index (Phi) is 2.28. The summed E-state index contributed by atoms with van der Waals surface area (Å²) in [5, 5.41) is 0. The highest BCUT2D eigenvalue weighted by Crippen LogP contribution is 2.20. The van der Waals surface area contributed by atoms with Gasteiger partial charge in [-0.3, -0.25) is 0 Å². The van der Waals surface area contributed by atoms with Crippen LogP contribution in [0, 0.1) is 0 Å². The van der Waals surface area contributed by atoms with Crippen molar-refractivity contribution in [3.63, 3.8) is 0 Å². The molecule has 1 unspecified atom stereocenters. The molecule has 10 heavy (non-hydrogen) atoms. The maximum atomic E-state index is 5.81. The molecule has 0 aromatic carbocycles. The molecule has 0 aliphatic heterocycles. The molecule has 1 nitrogen and oxygen atoms in total. The quantitative estimate of drug-likeness (QED) is 0.619. The van der Waals surface area contributed by atoms with Gasteiger partial charge in [0.15, 0.2) is 0 Å². The summed E-state index contributed by atoms with van der Waals surface area (Å²) < 4.78 is 0. The lowest BCUT2D eigenvalue weighted by atomic mass is 10.1. The van der Waals surface area contributed by atoms with Gasteiger partial charge in [0.25, 0.3) is 0 Å². The maximum absolute atomic E-state index is 5.81. The van der Waals surface area contributed by atoms with Crippen LogP contribution in [0.1, 0.15) is 26.7 Å². The second-order valence-electron chi connectivity index (χ2n) is 2.69. The van der Waals surface area contributed by atoms with Gasteiger partial charge in [-0.05, 0) is 18.4 Å². The zero-order valence-corrected chi connectivity index (χ0v) is 6.72. The molecule has 0 saturated carbocycles. The Morgan fingerprint density at radius 1 is 1.40 bits per heavy atom. The number of allylic oxidation sites excluding steroid dienone is 2. The van der Waals surface area contributed by atoms with Gasteiger partial charge in [-0.15, -0.1) is 0 Å². The van der Waals surface area contributed by atoms with Gasteiger partial charge >= 0.3 is 0 Å². The number of rotatable bonds is 2. The largest absolute Gasteiger partial charge is 0.321 e. The van der Waals surface area contributed by atoms with Crippen LogP contribution in [0.5, 0.6) is 0 Å². The summed E-state index contributed by atoms with van der Waals surface area (Å²) in [7, 11) is 0. The second-order valence-corrected chi connectivity index (χ2v) is 2.69. The van der Waals surface area contributed by atoms with Gasteiger partial charge in [-0.25, -0.2) is 0 Å². The first-order chi connectivity index (χ1) is 4.77. The van der Waals surface area contributed by atoms with Crippen molar-refractivity contribution in [2.45, 2.75) is 32.7 Å². The van der Waals surface area contributed by atoms with Crippen molar-refractivity contribution in [1.29, 1.82) is 0 Å². The molecule has 0 spiro atoms. The molecular formula is C9H15N. The molecule has 1 atom stereocenters. The van der Waals surface area contributed by atoms with Gasteiger partial charge in [0.2, 0.25) is 0 Å².